The van der Waals surface area contributed by atoms with E-state index in [-0.39, 0.29) is 5.91 Å². The first-order valence-electron chi connectivity index (χ1n) is 6.75. The minimum absolute atomic E-state index is 0.183. The van der Waals surface area contributed by atoms with Crippen molar-refractivity contribution in [2.24, 2.45) is 0 Å². The lowest BCUT2D eigenvalue weighted by molar-refractivity contribution is 0.0953. The van der Waals surface area contributed by atoms with Crippen molar-refractivity contribution in [2.45, 2.75) is 6.42 Å². The van der Waals surface area contributed by atoms with Crippen molar-refractivity contribution in [3.05, 3.63) is 60.4 Å². The van der Waals surface area contributed by atoms with E-state index in [0.29, 0.717) is 36.0 Å². The third-order valence-corrected chi connectivity index (χ3v) is 2.90. The van der Waals surface area contributed by atoms with Gasteiger partial charge in [0.1, 0.15) is 5.69 Å². The Morgan fingerprint density at radius 3 is 2.86 bits per heavy atom. The monoisotopic (exact) mass is 295 g/mol. The Hall–Kier alpha value is -3.09. The van der Waals surface area contributed by atoms with Crippen LogP contribution in [0.4, 0.5) is 0 Å². The largest absolute Gasteiger partial charge is 0.419 e. The zero-order chi connectivity index (χ0) is 15.2. The second kappa shape index (κ2) is 6.57. The molecule has 0 atom stereocenters. The highest BCUT2D eigenvalue weighted by Crippen LogP contribution is 2.14. The summed E-state index contributed by atoms with van der Waals surface area (Å²) in [5.41, 5.74) is 1.14. The Balaban J connectivity index is 1.55. The first-order valence-corrected chi connectivity index (χ1v) is 6.75. The molecule has 1 N–H and O–H groups in total. The van der Waals surface area contributed by atoms with Gasteiger partial charge in [0.2, 0.25) is 5.89 Å². The Morgan fingerprint density at radius 2 is 2.09 bits per heavy atom. The van der Waals surface area contributed by atoms with Gasteiger partial charge in [-0.3, -0.25) is 14.8 Å². The lowest BCUT2D eigenvalue weighted by Crippen LogP contribution is -2.25. The number of pyridine rings is 2. The van der Waals surface area contributed by atoms with Crippen molar-refractivity contribution in [1.29, 1.82) is 0 Å². The van der Waals surface area contributed by atoms with E-state index < -0.39 is 0 Å². The second-order valence-corrected chi connectivity index (χ2v) is 4.46. The van der Waals surface area contributed by atoms with Crippen LogP contribution in [0.3, 0.4) is 0 Å². The molecule has 7 nitrogen and oxygen atoms in total. The highest BCUT2D eigenvalue weighted by molar-refractivity contribution is 5.93. The van der Waals surface area contributed by atoms with Gasteiger partial charge < -0.3 is 9.73 Å². The van der Waals surface area contributed by atoms with Gasteiger partial charge in [-0.1, -0.05) is 6.07 Å². The first-order chi connectivity index (χ1) is 10.8. The summed E-state index contributed by atoms with van der Waals surface area (Å²) in [6, 6.07) is 8.87. The highest BCUT2D eigenvalue weighted by Gasteiger charge is 2.10. The molecule has 0 aromatic carbocycles. The molecule has 0 saturated heterocycles. The molecule has 0 aliphatic rings. The third kappa shape index (κ3) is 3.32. The predicted molar refractivity (Wildman–Crippen MR) is 77.8 cm³/mol. The van der Waals surface area contributed by atoms with Crippen molar-refractivity contribution in [1.82, 2.24) is 25.5 Å². The SMILES string of the molecule is O=C(NCCc1nnc(-c2ccccn2)o1)c1cccnc1. The topological polar surface area (TPSA) is 93.8 Å². The van der Waals surface area contributed by atoms with Gasteiger partial charge in [-0.2, -0.15) is 0 Å². The van der Waals surface area contributed by atoms with Gasteiger partial charge in [0.15, 0.2) is 0 Å². The van der Waals surface area contributed by atoms with Crippen LogP contribution in [0.1, 0.15) is 16.2 Å². The Kier molecular flexibility index (Phi) is 4.15. The highest BCUT2D eigenvalue weighted by atomic mass is 16.4. The van der Waals surface area contributed by atoms with E-state index in [4.69, 9.17) is 4.42 Å². The molecule has 0 unspecified atom stereocenters. The fourth-order valence-corrected chi connectivity index (χ4v) is 1.83. The van der Waals surface area contributed by atoms with Gasteiger partial charge >= 0.3 is 0 Å². The summed E-state index contributed by atoms with van der Waals surface area (Å²) >= 11 is 0. The van der Waals surface area contributed by atoms with Crippen LogP contribution in [0.25, 0.3) is 11.6 Å². The Labute approximate surface area is 126 Å². The zero-order valence-corrected chi connectivity index (χ0v) is 11.6. The van der Waals surface area contributed by atoms with Crippen molar-refractivity contribution in [3.8, 4) is 11.6 Å². The first kappa shape index (κ1) is 13.9. The van der Waals surface area contributed by atoms with Crippen LogP contribution in [0.15, 0.2) is 53.3 Å². The Bertz CT molecular complexity index is 743. The molecule has 110 valence electrons. The average Bonchev–Trinajstić information content (AvgIpc) is 3.05. The molecule has 0 radical (unpaired) electrons. The standard InChI is InChI=1S/C15H13N5O2/c21-14(11-4-3-7-16-10-11)18-9-6-13-19-20-15(22-13)12-5-1-2-8-17-12/h1-5,7-8,10H,6,9H2,(H,18,21). The predicted octanol–water partition coefficient (Wildman–Crippen LogP) is 1.50. The molecule has 0 aliphatic carbocycles. The maximum Gasteiger partial charge on any atom is 0.266 e. The van der Waals surface area contributed by atoms with E-state index in [9.17, 15) is 4.79 Å². The maximum atomic E-state index is 11.8. The maximum absolute atomic E-state index is 11.8. The lowest BCUT2D eigenvalue weighted by Gasteiger charge is -2.02. The third-order valence-electron chi connectivity index (χ3n) is 2.90. The van der Waals surface area contributed by atoms with Crippen molar-refractivity contribution < 1.29 is 9.21 Å². The van der Waals surface area contributed by atoms with Gasteiger partial charge in [-0.15, -0.1) is 10.2 Å². The van der Waals surface area contributed by atoms with E-state index in [1.807, 2.05) is 12.1 Å². The second-order valence-electron chi connectivity index (χ2n) is 4.46. The number of hydrogen-bond donors (Lipinski definition) is 1. The minimum Gasteiger partial charge on any atom is -0.419 e. The molecular weight excluding hydrogens is 282 g/mol. The summed E-state index contributed by atoms with van der Waals surface area (Å²) in [6.07, 6.45) is 5.24. The molecule has 3 aromatic heterocycles. The number of amides is 1. The number of rotatable bonds is 5. The summed E-state index contributed by atoms with van der Waals surface area (Å²) in [7, 11) is 0. The molecule has 0 bridgehead atoms. The summed E-state index contributed by atoms with van der Waals surface area (Å²) in [5.74, 6) is 0.638. The minimum atomic E-state index is -0.183. The number of hydrogen-bond acceptors (Lipinski definition) is 6. The molecule has 22 heavy (non-hydrogen) atoms. The lowest BCUT2D eigenvalue weighted by atomic mass is 10.2. The van der Waals surface area contributed by atoms with Gasteiger partial charge in [-0.05, 0) is 24.3 Å². The van der Waals surface area contributed by atoms with Crippen molar-refractivity contribution in [3.63, 3.8) is 0 Å². The summed E-state index contributed by atoms with van der Waals surface area (Å²) < 4.78 is 5.51. The van der Waals surface area contributed by atoms with Crippen LogP contribution in [0.2, 0.25) is 0 Å². The molecule has 0 saturated carbocycles. The normalized spacial score (nSPS) is 10.4. The fourth-order valence-electron chi connectivity index (χ4n) is 1.83. The summed E-state index contributed by atoms with van der Waals surface area (Å²) in [4.78, 5) is 19.9. The number of nitrogens with one attached hydrogen (secondary N) is 1. The number of carbonyl (C=O) groups is 1. The van der Waals surface area contributed by atoms with Crippen LogP contribution >= 0.6 is 0 Å². The number of nitrogens with zero attached hydrogens (tertiary/aromatic N) is 4. The van der Waals surface area contributed by atoms with Gasteiger partial charge in [0.25, 0.3) is 11.8 Å². The summed E-state index contributed by atoms with van der Waals surface area (Å²) in [6.45, 7) is 0.400. The molecule has 7 heteroatoms. The molecular formula is C15H13N5O2. The quantitative estimate of drug-likeness (QED) is 0.766. The molecule has 0 aliphatic heterocycles. The molecule has 3 rings (SSSR count). The fraction of sp³-hybridized carbons (Fsp3) is 0.133. The molecule has 0 fully saturated rings. The van der Waals surface area contributed by atoms with E-state index in [0.717, 1.165) is 0 Å². The zero-order valence-electron chi connectivity index (χ0n) is 11.6. The molecule has 1 amide bonds. The van der Waals surface area contributed by atoms with Gasteiger partial charge in [0.05, 0.1) is 5.56 Å². The van der Waals surface area contributed by atoms with Crippen molar-refractivity contribution >= 4 is 5.91 Å². The van der Waals surface area contributed by atoms with Crippen LogP contribution < -0.4 is 5.32 Å². The van der Waals surface area contributed by atoms with Crippen LogP contribution in [0, 0.1) is 0 Å². The van der Waals surface area contributed by atoms with Gasteiger partial charge in [-0.25, -0.2) is 0 Å². The van der Waals surface area contributed by atoms with Gasteiger partial charge in [0, 0.05) is 31.6 Å². The van der Waals surface area contributed by atoms with Crippen molar-refractivity contribution in [2.75, 3.05) is 6.54 Å². The van der Waals surface area contributed by atoms with E-state index in [1.54, 1.807) is 30.6 Å². The number of carbonyl (C=O) groups excluding carboxylic acids is 1. The van der Waals surface area contributed by atoms with Crippen LogP contribution in [-0.4, -0.2) is 32.6 Å². The van der Waals surface area contributed by atoms with E-state index in [2.05, 4.69) is 25.5 Å². The van der Waals surface area contributed by atoms with E-state index in [1.165, 1.54) is 6.20 Å². The summed E-state index contributed by atoms with van der Waals surface area (Å²) in [5, 5.41) is 10.7. The number of aromatic nitrogens is 4. The molecule has 0 spiro atoms. The smallest absolute Gasteiger partial charge is 0.266 e. The van der Waals surface area contributed by atoms with Crippen LogP contribution in [0.5, 0.6) is 0 Å². The average molecular weight is 295 g/mol. The Morgan fingerprint density at radius 1 is 1.14 bits per heavy atom. The van der Waals surface area contributed by atoms with Crippen LogP contribution in [-0.2, 0) is 6.42 Å². The molecule has 3 heterocycles. The molecule has 3 aromatic rings. The van der Waals surface area contributed by atoms with E-state index >= 15 is 0 Å².